The molecule has 0 aliphatic carbocycles. The van der Waals surface area contributed by atoms with Crippen molar-refractivity contribution in [3.05, 3.63) is 41.6 Å². The maximum atomic E-state index is 11.8. The summed E-state index contributed by atoms with van der Waals surface area (Å²) in [6.07, 6.45) is 2.16. The van der Waals surface area contributed by atoms with Crippen LogP contribution in [0.25, 0.3) is 0 Å². The number of carbonyl (C=O) groups is 2. The topological polar surface area (TPSA) is 82.0 Å². The fourth-order valence-corrected chi connectivity index (χ4v) is 1.51. The first-order valence-corrected chi connectivity index (χ1v) is 6.76. The summed E-state index contributed by atoms with van der Waals surface area (Å²) in [6, 6.07) is 8.68. The largest absolute Gasteiger partial charge is 0.360 e. The highest BCUT2D eigenvalue weighted by Gasteiger charge is 2.10. The van der Waals surface area contributed by atoms with Gasteiger partial charge in [0, 0.05) is 23.5 Å². The fraction of sp³-hybridized carbons (Fsp3) is 0.312. The van der Waals surface area contributed by atoms with Crippen molar-refractivity contribution < 1.29 is 9.59 Å². The molecule has 1 amide bonds. The third-order valence-corrected chi connectivity index (χ3v) is 3.03. The Labute approximate surface area is 124 Å². The Kier molecular flexibility index (Phi) is 6.15. The molecule has 0 aromatic heterocycles. The van der Waals surface area contributed by atoms with Crippen LogP contribution in [0.4, 0.5) is 5.69 Å². The van der Waals surface area contributed by atoms with E-state index in [1.807, 2.05) is 19.9 Å². The average Bonchev–Trinajstić information content (AvgIpc) is 2.48. The average molecular weight is 285 g/mol. The van der Waals surface area contributed by atoms with Gasteiger partial charge in [0.25, 0.3) is 5.91 Å². The summed E-state index contributed by atoms with van der Waals surface area (Å²) in [7, 11) is 0. The third kappa shape index (κ3) is 5.11. The maximum Gasteiger partial charge on any atom is 0.263 e. The zero-order valence-corrected chi connectivity index (χ0v) is 12.4. The van der Waals surface area contributed by atoms with Gasteiger partial charge in [-0.1, -0.05) is 6.92 Å². The minimum Gasteiger partial charge on any atom is -0.360 e. The van der Waals surface area contributed by atoms with Crippen LogP contribution < -0.4 is 10.6 Å². The van der Waals surface area contributed by atoms with Crippen LogP contribution in [0.1, 0.15) is 37.6 Å². The first-order chi connectivity index (χ1) is 9.97. The molecule has 1 rings (SSSR count). The number of rotatable bonds is 6. The molecule has 0 saturated heterocycles. The molecular weight excluding hydrogens is 266 g/mol. The highest BCUT2D eigenvalue weighted by atomic mass is 16.1. The number of hydrogen-bond donors (Lipinski definition) is 2. The molecule has 1 aromatic carbocycles. The molecule has 0 bridgehead atoms. The first-order valence-electron chi connectivity index (χ1n) is 6.76. The van der Waals surface area contributed by atoms with Crippen LogP contribution in [0.15, 0.2) is 36.0 Å². The Balaban J connectivity index is 2.74. The van der Waals surface area contributed by atoms with E-state index in [2.05, 4.69) is 10.6 Å². The maximum absolute atomic E-state index is 11.8. The smallest absolute Gasteiger partial charge is 0.263 e. The van der Waals surface area contributed by atoms with E-state index in [9.17, 15) is 9.59 Å². The van der Waals surface area contributed by atoms with E-state index in [-0.39, 0.29) is 17.4 Å². The van der Waals surface area contributed by atoms with Crippen LogP contribution in [-0.4, -0.2) is 17.7 Å². The quantitative estimate of drug-likeness (QED) is 0.478. The number of hydrogen-bond acceptors (Lipinski definition) is 4. The number of nitriles is 1. The summed E-state index contributed by atoms with van der Waals surface area (Å²) in [4.78, 5) is 23.0. The van der Waals surface area contributed by atoms with E-state index in [1.54, 1.807) is 24.3 Å². The van der Waals surface area contributed by atoms with Gasteiger partial charge in [0.1, 0.15) is 11.6 Å². The molecule has 2 N–H and O–H groups in total. The van der Waals surface area contributed by atoms with Crippen LogP contribution in [0.3, 0.4) is 0 Å². The molecule has 110 valence electrons. The van der Waals surface area contributed by atoms with Crippen molar-refractivity contribution in [2.75, 3.05) is 5.32 Å². The monoisotopic (exact) mass is 285 g/mol. The zero-order valence-electron chi connectivity index (χ0n) is 12.4. The highest BCUT2D eigenvalue weighted by molar-refractivity contribution is 5.97. The van der Waals surface area contributed by atoms with Gasteiger partial charge < -0.3 is 10.6 Å². The zero-order chi connectivity index (χ0) is 15.8. The van der Waals surface area contributed by atoms with Crippen molar-refractivity contribution in [1.29, 1.82) is 5.26 Å². The number of amides is 1. The lowest BCUT2D eigenvalue weighted by Crippen LogP contribution is -2.33. The molecular formula is C16H19N3O2. The van der Waals surface area contributed by atoms with E-state index in [4.69, 9.17) is 5.26 Å². The van der Waals surface area contributed by atoms with Crippen LogP contribution in [0, 0.1) is 11.3 Å². The number of anilines is 1. The Bertz CT molecular complexity index is 583. The second-order valence-corrected chi connectivity index (χ2v) is 4.73. The SMILES string of the molecule is CCC(C)NC(=O)/C(C#N)=C\Nc1ccc(C(C)=O)cc1. The van der Waals surface area contributed by atoms with Gasteiger partial charge in [0.15, 0.2) is 5.78 Å². The second-order valence-electron chi connectivity index (χ2n) is 4.73. The van der Waals surface area contributed by atoms with Crippen molar-refractivity contribution >= 4 is 17.4 Å². The van der Waals surface area contributed by atoms with Crippen LogP contribution in [0.5, 0.6) is 0 Å². The molecule has 21 heavy (non-hydrogen) atoms. The van der Waals surface area contributed by atoms with Gasteiger partial charge in [0.05, 0.1) is 0 Å². The first kappa shape index (κ1) is 16.4. The lowest BCUT2D eigenvalue weighted by molar-refractivity contribution is -0.117. The normalized spacial score (nSPS) is 12.2. The number of carbonyl (C=O) groups excluding carboxylic acids is 2. The summed E-state index contributed by atoms with van der Waals surface area (Å²) in [5.74, 6) is -0.414. The van der Waals surface area contributed by atoms with E-state index in [1.165, 1.54) is 13.1 Å². The molecule has 0 radical (unpaired) electrons. The Morgan fingerprint density at radius 3 is 2.43 bits per heavy atom. The molecule has 0 spiro atoms. The van der Waals surface area contributed by atoms with Gasteiger partial charge in [-0.05, 0) is 44.5 Å². The van der Waals surface area contributed by atoms with Crippen molar-refractivity contribution in [3.8, 4) is 6.07 Å². The van der Waals surface area contributed by atoms with Crippen LogP contribution in [0.2, 0.25) is 0 Å². The molecule has 5 heteroatoms. The van der Waals surface area contributed by atoms with Gasteiger partial charge in [-0.2, -0.15) is 5.26 Å². The van der Waals surface area contributed by atoms with Gasteiger partial charge in [-0.3, -0.25) is 9.59 Å². The molecule has 0 fully saturated rings. The lowest BCUT2D eigenvalue weighted by Gasteiger charge is -2.10. The Morgan fingerprint density at radius 1 is 1.33 bits per heavy atom. The predicted molar refractivity (Wildman–Crippen MR) is 81.7 cm³/mol. The summed E-state index contributed by atoms with van der Waals surface area (Å²) in [6.45, 7) is 5.33. The van der Waals surface area contributed by atoms with Crippen molar-refractivity contribution in [3.63, 3.8) is 0 Å². The van der Waals surface area contributed by atoms with Crippen LogP contribution >= 0.6 is 0 Å². The fourth-order valence-electron chi connectivity index (χ4n) is 1.51. The molecule has 1 aromatic rings. The van der Waals surface area contributed by atoms with E-state index in [0.29, 0.717) is 11.3 Å². The van der Waals surface area contributed by atoms with Crippen molar-refractivity contribution in [2.45, 2.75) is 33.2 Å². The molecule has 1 unspecified atom stereocenters. The van der Waals surface area contributed by atoms with Gasteiger partial charge in [0.2, 0.25) is 0 Å². The number of nitrogens with zero attached hydrogens (tertiary/aromatic N) is 1. The van der Waals surface area contributed by atoms with Crippen molar-refractivity contribution in [2.24, 2.45) is 0 Å². The van der Waals surface area contributed by atoms with Crippen molar-refractivity contribution in [1.82, 2.24) is 5.32 Å². The molecule has 1 atom stereocenters. The van der Waals surface area contributed by atoms with Gasteiger partial charge in [-0.15, -0.1) is 0 Å². The summed E-state index contributed by atoms with van der Waals surface area (Å²) in [5.41, 5.74) is 1.31. The number of nitrogens with one attached hydrogen (secondary N) is 2. The summed E-state index contributed by atoms with van der Waals surface area (Å²) in [5, 5.41) is 14.6. The Morgan fingerprint density at radius 2 is 1.95 bits per heavy atom. The molecule has 0 saturated carbocycles. The standard InChI is InChI=1S/C16H19N3O2/c1-4-11(2)19-16(21)14(9-17)10-18-15-7-5-13(6-8-15)12(3)20/h5-8,10-11,18H,4H2,1-3H3,(H,19,21)/b14-10-. The number of ketones is 1. The molecule has 5 nitrogen and oxygen atoms in total. The minimum absolute atomic E-state index is 0.00550. The molecule has 0 heterocycles. The lowest BCUT2D eigenvalue weighted by atomic mass is 10.1. The van der Waals surface area contributed by atoms with Gasteiger partial charge >= 0.3 is 0 Å². The molecule has 0 aliphatic rings. The summed E-state index contributed by atoms with van der Waals surface area (Å²) < 4.78 is 0. The molecule has 0 aliphatic heterocycles. The second kappa shape index (κ2) is 7.85. The third-order valence-electron chi connectivity index (χ3n) is 3.03. The van der Waals surface area contributed by atoms with E-state index in [0.717, 1.165) is 6.42 Å². The predicted octanol–water partition coefficient (Wildman–Crippen LogP) is 2.62. The number of benzene rings is 1. The highest BCUT2D eigenvalue weighted by Crippen LogP contribution is 2.10. The van der Waals surface area contributed by atoms with E-state index < -0.39 is 5.91 Å². The Hall–Kier alpha value is -2.61. The minimum atomic E-state index is -0.403. The van der Waals surface area contributed by atoms with Crippen LogP contribution in [-0.2, 0) is 4.79 Å². The number of Topliss-reactive ketones (excluding diaryl/α,β-unsaturated/α-hetero) is 1. The van der Waals surface area contributed by atoms with Gasteiger partial charge in [-0.25, -0.2) is 0 Å². The summed E-state index contributed by atoms with van der Waals surface area (Å²) >= 11 is 0. The van der Waals surface area contributed by atoms with E-state index >= 15 is 0 Å².